The minimum absolute atomic E-state index is 0.242. The molecule has 1 aromatic heterocycles. The Bertz CT molecular complexity index is 295. The first-order valence-electron chi connectivity index (χ1n) is 4.40. The van der Waals surface area contributed by atoms with E-state index < -0.39 is 12.2 Å². The molecule has 1 fully saturated rings. The molecule has 5 nitrogen and oxygen atoms in total. The SMILES string of the molecule is Cn1cnnc1C(O)C(O)C1CC1. The van der Waals surface area contributed by atoms with E-state index in [0.717, 1.165) is 12.8 Å². The average Bonchev–Trinajstić information content (AvgIpc) is 2.87. The summed E-state index contributed by atoms with van der Waals surface area (Å²) in [4.78, 5) is 0. The topological polar surface area (TPSA) is 71.2 Å². The molecule has 2 N–H and O–H groups in total. The molecule has 2 unspecified atom stereocenters. The zero-order valence-corrected chi connectivity index (χ0v) is 7.46. The van der Waals surface area contributed by atoms with E-state index in [1.165, 1.54) is 6.33 Å². The third kappa shape index (κ3) is 1.57. The second-order valence-electron chi connectivity index (χ2n) is 3.57. The fourth-order valence-corrected chi connectivity index (χ4v) is 1.41. The summed E-state index contributed by atoms with van der Waals surface area (Å²) >= 11 is 0. The van der Waals surface area contributed by atoms with Crippen LogP contribution in [0.1, 0.15) is 24.8 Å². The summed E-state index contributed by atoms with van der Waals surface area (Å²) in [5.74, 6) is 0.672. The van der Waals surface area contributed by atoms with Gasteiger partial charge in [0.25, 0.3) is 0 Å². The maximum atomic E-state index is 9.70. The van der Waals surface area contributed by atoms with E-state index in [-0.39, 0.29) is 5.92 Å². The predicted molar refractivity (Wildman–Crippen MR) is 44.7 cm³/mol. The molecule has 1 saturated carbocycles. The zero-order valence-electron chi connectivity index (χ0n) is 7.46. The Labute approximate surface area is 76.0 Å². The molecular formula is C8H13N3O2. The second kappa shape index (κ2) is 3.08. The third-order valence-corrected chi connectivity index (χ3v) is 2.44. The highest BCUT2D eigenvalue weighted by Gasteiger charge is 2.36. The van der Waals surface area contributed by atoms with Gasteiger partial charge in [0.1, 0.15) is 12.4 Å². The number of aromatic nitrogens is 3. The van der Waals surface area contributed by atoms with Gasteiger partial charge >= 0.3 is 0 Å². The van der Waals surface area contributed by atoms with Crippen molar-refractivity contribution in [2.75, 3.05) is 0 Å². The lowest BCUT2D eigenvalue weighted by Gasteiger charge is -2.15. The molecule has 0 bridgehead atoms. The molecule has 0 spiro atoms. The molecule has 72 valence electrons. The lowest BCUT2D eigenvalue weighted by atomic mass is 10.1. The number of rotatable bonds is 3. The number of nitrogens with zero attached hydrogens (tertiary/aromatic N) is 3. The molecular weight excluding hydrogens is 170 g/mol. The lowest BCUT2D eigenvalue weighted by Crippen LogP contribution is -2.23. The van der Waals surface area contributed by atoms with Gasteiger partial charge in [0.15, 0.2) is 5.82 Å². The van der Waals surface area contributed by atoms with Crippen molar-refractivity contribution in [3.63, 3.8) is 0 Å². The Morgan fingerprint density at radius 2 is 2.23 bits per heavy atom. The maximum absolute atomic E-state index is 9.70. The monoisotopic (exact) mass is 183 g/mol. The summed E-state index contributed by atoms with van der Waals surface area (Å²) in [6, 6.07) is 0. The highest BCUT2D eigenvalue weighted by molar-refractivity contribution is 4.97. The molecule has 0 aromatic carbocycles. The zero-order chi connectivity index (χ0) is 9.42. The van der Waals surface area contributed by atoms with Crippen molar-refractivity contribution < 1.29 is 10.2 Å². The molecule has 1 aliphatic carbocycles. The van der Waals surface area contributed by atoms with Gasteiger partial charge in [-0.2, -0.15) is 0 Å². The molecule has 2 rings (SSSR count). The summed E-state index contributed by atoms with van der Waals surface area (Å²) in [5.41, 5.74) is 0. The number of hydrogen-bond donors (Lipinski definition) is 2. The number of hydrogen-bond acceptors (Lipinski definition) is 4. The van der Waals surface area contributed by atoms with E-state index in [2.05, 4.69) is 10.2 Å². The predicted octanol–water partition coefficient (Wildman–Crippen LogP) is -0.381. The van der Waals surface area contributed by atoms with Crippen molar-refractivity contribution in [1.82, 2.24) is 14.8 Å². The standard InChI is InChI=1S/C8H13N3O2/c1-11-4-9-10-8(11)7(13)6(12)5-2-3-5/h4-7,12-13H,2-3H2,1H3. The summed E-state index contributed by atoms with van der Waals surface area (Å²) in [6.07, 6.45) is 1.91. The van der Waals surface area contributed by atoms with Crippen LogP contribution in [-0.4, -0.2) is 31.1 Å². The van der Waals surface area contributed by atoms with E-state index in [1.807, 2.05) is 0 Å². The first-order valence-corrected chi connectivity index (χ1v) is 4.40. The van der Waals surface area contributed by atoms with Crippen LogP contribution >= 0.6 is 0 Å². The Kier molecular flexibility index (Phi) is 2.05. The average molecular weight is 183 g/mol. The van der Waals surface area contributed by atoms with Crippen molar-refractivity contribution in [1.29, 1.82) is 0 Å². The van der Waals surface area contributed by atoms with Gasteiger partial charge in [0.2, 0.25) is 0 Å². The highest BCUT2D eigenvalue weighted by atomic mass is 16.3. The van der Waals surface area contributed by atoms with Crippen molar-refractivity contribution in [3.05, 3.63) is 12.2 Å². The van der Waals surface area contributed by atoms with Gasteiger partial charge in [-0.1, -0.05) is 0 Å². The minimum Gasteiger partial charge on any atom is -0.390 e. The molecule has 0 amide bonds. The van der Waals surface area contributed by atoms with E-state index in [1.54, 1.807) is 11.6 Å². The second-order valence-corrected chi connectivity index (χ2v) is 3.57. The number of aliphatic hydroxyl groups is 2. The summed E-state index contributed by atoms with van der Waals surface area (Å²) in [5, 5.41) is 26.7. The van der Waals surface area contributed by atoms with Crippen LogP contribution in [0.15, 0.2) is 6.33 Å². The molecule has 1 aromatic rings. The summed E-state index contributed by atoms with van der Waals surface area (Å²) in [6.45, 7) is 0. The van der Waals surface area contributed by atoms with Crippen LogP contribution in [0.25, 0.3) is 0 Å². The van der Waals surface area contributed by atoms with Crippen LogP contribution in [0.2, 0.25) is 0 Å². The Hall–Kier alpha value is -0.940. The molecule has 13 heavy (non-hydrogen) atoms. The molecule has 1 aliphatic rings. The first-order chi connectivity index (χ1) is 6.20. The van der Waals surface area contributed by atoms with Crippen LogP contribution in [0.3, 0.4) is 0 Å². The number of aliphatic hydroxyl groups excluding tert-OH is 2. The van der Waals surface area contributed by atoms with Gasteiger partial charge in [0, 0.05) is 7.05 Å². The fraction of sp³-hybridized carbons (Fsp3) is 0.750. The fourth-order valence-electron chi connectivity index (χ4n) is 1.41. The largest absolute Gasteiger partial charge is 0.390 e. The Morgan fingerprint density at radius 1 is 1.54 bits per heavy atom. The quantitative estimate of drug-likeness (QED) is 0.670. The van der Waals surface area contributed by atoms with Gasteiger partial charge in [-0.05, 0) is 18.8 Å². The van der Waals surface area contributed by atoms with E-state index in [9.17, 15) is 10.2 Å². The summed E-state index contributed by atoms with van der Waals surface area (Å²) in [7, 11) is 1.75. The number of aryl methyl sites for hydroxylation is 1. The minimum atomic E-state index is -0.903. The third-order valence-electron chi connectivity index (χ3n) is 2.44. The molecule has 1 heterocycles. The Balaban J connectivity index is 2.11. The lowest BCUT2D eigenvalue weighted by molar-refractivity contribution is -0.00187. The first kappa shape index (κ1) is 8.65. The molecule has 0 aliphatic heterocycles. The van der Waals surface area contributed by atoms with Gasteiger partial charge < -0.3 is 14.8 Å². The van der Waals surface area contributed by atoms with E-state index in [4.69, 9.17) is 0 Å². The van der Waals surface area contributed by atoms with Crippen LogP contribution in [-0.2, 0) is 7.05 Å². The molecule has 0 radical (unpaired) electrons. The molecule has 0 saturated heterocycles. The van der Waals surface area contributed by atoms with Crippen LogP contribution in [0, 0.1) is 5.92 Å². The van der Waals surface area contributed by atoms with Gasteiger partial charge in [-0.3, -0.25) is 0 Å². The molecule has 2 atom stereocenters. The van der Waals surface area contributed by atoms with Gasteiger partial charge in [-0.15, -0.1) is 10.2 Å². The van der Waals surface area contributed by atoms with Crippen molar-refractivity contribution in [2.24, 2.45) is 13.0 Å². The van der Waals surface area contributed by atoms with E-state index in [0.29, 0.717) is 5.82 Å². The van der Waals surface area contributed by atoms with Crippen molar-refractivity contribution >= 4 is 0 Å². The smallest absolute Gasteiger partial charge is 0.164 e. The van der Waals surface area contributed by atoms with Crippen molar-refractivity contribution in [2.45, 2.75) is 25.0 Å². The normalized spacial score (nSPS) is 21.5. The van der Waals surface area contributed by atoms with Gasteiger partial charge in [-0.25, -0.2) is 0 Å². The van der Waals surface area contributed by atoms with Gasteiger partial charge in [0.05, 0.1) is 6.10 Å². The Morgan fingerprint density at radius 3 is 2.69 bits per heavy atom. The van der Waals surface area contributed by atoms with Crippen molar-refractivity contribution in [3.8, 4) is 0 Å². The van der Waals surface area contributed by atoms with Crippen LogP contribution in [0.5, 0.6) is 0 Å². The molecule has 5 heteroatoms. The van der Waals surface area contributed by atoms with E-state index >= 15 is 0 Å². The maximum Gasteiger partial charge on any atom is 0.164 e. The van der Waals surface area contributed by atoms with Crippen LogP contribution in [0.4, 0.5) is 0 Å². The van der Waals surface area contributed by atoms with Crippen LogP contribution < -0.4 is 0 Å². The summed E-state index contributed by atoms with van der Waals surface area (Å²) < 4.78 is 1.62. The highest BCUT2D eigenvalue weighted by Crippen LogP contribution is 2.37.